The Labute approximate surface area is 325 Å². The maximum absolute atomic E-state index is 14.8. The molecule has 10 nitrogen and oxygen atoms in total. The SMILES string of the molecule is Cc1c(C(=O)N(c2ccc(O)cc2)c2cnc3c(ccn3C)c2)cc(-c2cc(Cl)ccc2C(=O)N2Cc3ccccc3C[C@H]2CN2CCOCC2)n1C.Cl. The number of nitrogens with zero attached hydrogens (tertiary/aromatic N) is 6. The van der Waals surface area contributed by atoms with Crippen LogP contribution in [0.2, 0.25) is 5.02 Å². The molecule has 0 unspecified atom stereocenters. The van der Waals surface area contributed by atoms with Crippen molar-refractivity contribution in [2.24, 2.45) is 14.1 Å². The molecule has 278 valence electrons. The lowest BCUT2D eigenvalue weighted by atomic mass is 9.92. The van der Waals surface area contributed by atoms with Gasteiger partial charge in [-0.3, -0.25) is 19.4 Å². The first-order valence-corrected chi connectivity index (χ1v) is 18.2. The number of phenolic OH excluding ortho intramolecular Hbond substituents is 1. The van der Waals surface area contributed by atoms with Gasteiger partial charge in [-0.1, -0.05) is 35.9 Å². The van der Waals surface area contributed by atoms with Crippen LogP contribution in [0.3, 0.4) is 0 Å². The van der Waals surface area contributed by atoms with Crippen LogP contribution >= 0.6 is 24.0 Å². The van der Waals surface area contributed by atoms with E-state index in [1.807, 2.05) is 71.6 Å². The van der Waals surface area contributed by atoms with Gasteiger partial charge in [-0.15, -0.1) is 12.4 Å². The minimum absolute atomic E-state index is 0. The van der Waals surface area contributed by atoms with Crippen LogP contribution in [-0.2, 0) is 31.8 Å². The first kappa shape index (κ1) is 37.2. The number of fused-ring (bicyclic) bond motifs is 2. The summed E-state index contributed by atoms with van der Waals surface area (Å²) in [6.07, 6.45) is 4.38. The van der Waals surface area contributed by atoms with E-state index < -0.39 is 0 Å². The number of phenols is 1. The van der Waals surface area contributed by atoms with E-state index in [4.69, 9.17) is 16.3 Å². The number of carbonyl (C=O) groups excluding carboxylic acids is 2. The van der Waals surface area contributed by atoms with Gasteiger partial charge in [-0.05, 0) is 85.1 Å². The molecule has 2 aliphatic heterocycles. The molecule has 6 aromatic rings. The molecule has 12 heteroatoms. The summed E-state index contributed by atoms with van der Waals surface area (Å²) in [5.74, 6) is -0.261. The van der Waals surface area contributed by atoms with E-state index in [0.717, 1.165) is 48.3 Å². The first-order valence-electron chi connectivity index (χ1n) is 17.8. The molecule has 0 bridgehead atoms. The number of benzene rings is 3. The van der Waals surface area contributed by atoms with Crippen molar-refractivity contribution in [1.29, 1.82) is 0 Å². The van der Waals surface area contributed by atoms with Gasteiger partial charge in [-0.25, -0.2) is 4.98 Å². The average Bonchev–Trinajstić information content (AvgIpc) is 3.69. The molecular formula is C42H42Cl2N6O4. The second-order valence-electron chi connectivity index (χ2n) is 13.9. The number of aryl methyl sites for hydroxylation is 1. The highest BCUT2D eigenvalue weighted by atomic mass is 35.5. The standard InChI is InChI=1S/C42H41ClN6O4.ClH/c1-27-37(42(52)49(32-9-11-35(50)12-10-32)33-21-29-14-15-45(2)40(29)44-24-33)23-39(46(27)3)38-22-31(43)8-13-36(38)41(51)48-25-30-7-5-4-6-28(30)20-34(48)26-47-16-18-53-19-17-47;/h4-15,21-24,34,50H,16-20,25-26H2,1-3H3;1H/t34-;/m0./s1. The highest BCUT2D eigenvalue weighted by Gasteiger charge is 2.34. The third-order valence-electron chi connectivity index (χ3n) is 10.7. The number of rotatable bonds is 7. The van der Waals surface area contributed by atoms with Crippen LogP contribution in [-0.4, -0.2) is 79.7 Å². The number of carbonyl (C=O) groups is 2. The quantitative estimate of drug-likeness (QED) is 0.181. The van der Waals surface area contributed by atoms with Gasteiger partial charge in [-0.2, -0.15) is 0 Å². The second kappa shape index (κ2) is 15.3. The van der Waals surface area contributed by atoms with Gasteiger partial charge in [0, 0.05) is 91.1 Å². The van der Waals surface area contributed by atoms with Gasteiger partial charge < -0.3 is 23.9 Å². The molecule has 0 radical (unpaired) electrons. The largest absolute Gasteiger partial charge is 0.508 e. The molecule has 8 rings (SSSR count). The van der Waals surface area contributed by atoms with Crippen molar-refractivity contribution in [3.63, 3.8) is 0 Å². The summed E-state index contributed by atoms with van der Waals surface area (Å²) in [5.41, 5.74) is 7.42. The Kier molecular flexibility index (Phi) is 10.5. The number of morpholine rings is 1. The smallest absolute Gasteiger partial charge is 0.264 e. The summed E-state index contributed by atoms with van der Waals surface area (Å²) in [7, 11) is 3.83. The molecule has 2 amide bonds. The number of anilines is 2. The van der Waals surface area contributed by atoms with Crippen molar-refractivity contribution in [3.05, 3.63) is 130 Å². The van der Waals surface area contributed by atoms with E-state index in [0.29, 0.717) is 58.5 Å². The molecule has 54 heavy (non-hydrogen) atoms. The fraction of sp³-hybridized carbons (Fsp3) is 0.262. The van der Waals surface area contributed by atoms with E-state index in [2.05, 4.69) is 28.1 Å². The molecular weight excluding hydrogens is 723 g/mol. The molecule has 2 aliphatic rings. The number of amides is 2. The van der Waals surface area contributed by atoms with Crippen LogP contribution in [0.25, 0.3) is 22.3 Å². The Morgan fingerprint density at radius 1 is 0.926 bits per heavy atom. The zero-order valence-corrected chi connectivity index (χ0v) is 32.0. The molecule has 1 fully saturated rings. The Hall–Kier alpha value is -5.13. The normalized spacial score (nSPS) is 15.9. The molecule has 5 heterocycles. The molecule has 1 saturated heterocycles. The Bertz CT molecular complexity index is 2350. The van der Waals surface area contributed by atoms with Crippen molar-refractivity contribution in [3.8, 4) is 17.0 Å². The van der Waals surface area contributed by atoms with Crippen LogP contribution in [0, 0.1) is 6.92 Å². The predicted octanol–water partition coefficient (Wildman–Crippen LogP) is 7.55. The number of hydrogen-bond acceptors (Lipinski definition) is 6. The third-order valence-corrected chi connectivity index (χ3v) is 10.9. The van der Waals surface area contributed by atoms with Crippen molar-refractivity contribution < 1.29 is 19.4 Å². The lowest BCUT2D eigenvalue weighted by Gasteiger charge is -2.40. The molecule has 0 spiro atoms. The number of pyridine rings is 1. The van der Waals surface area contributed by atoms with Crippen molar-refractivity contribution in [2.45, 2.75) is 25.9 Å². The molecule has 0 aliphatic carbocycles. The summed E-state index contributed by atoms with van der Waals surface area (Å²) < 4.78 is 9.49. The minimum Gasteiger partial charge on any atom is -0.508 e. The van der Waals surface area contributed by atoms with Gasteiger partial charge in [0.25, 0.3) is 11.8 Å². The van der Waals surface area contributed by atoms with Gasteiger partial charge in [0.05, 0.1) is 30.7 Å². The summed E-state index contributed by atoms with van der Waals surface area (Å²) >= 11 is 6.66. The third kappa shape index (κ3) is 6.98. The number of hydrogen-bond donors (Lipinski definition) is 1. The number of aromatic nitrogens is 3. The maximum Gasteiger partial charge on any atom is 0.264 e. The summed E-state index contributed by atoms with van der Waals surface area (Å²) in [6, 6.07) is 26.0. The van der Waals surface area contributed by atoms with Gasteiger partial charge >= 0.3 is 0 Å². The van der Waals surface area contributed by atoms with Gasteiger partial charge in [0.15, 0.2) is 0 Å². The second-order valence-corrected chi connectivity index (χ2v) is 14.4. The van der Waals surface area contributed by atoms with Crippen molar-refractivity contribution in [2.75, 3.05) is 37.7 Å². The molecule has 3 aromatic carbocycles. The topological polar surface area (TPSA) is 96.1 Å². The zero-order valence-electron chi connectivity index (χ0n) is 30.4. The monoisotopic (exact) mass is 764 g/mol. The Morgan fingerprint density at radius 2 is 1.67 bits per heavy atom. The van der Waals surface area contributed by atoms with E-state index in [9.17, 15) is 14.7 Å². The van der Waals surface area contributed by atoms with Crippen LogP contribution in [0.15, 0.2) is 97.3 Å². The summed E-state index contributed by atoms with van der Waals surface area (Å²) in [6.45, 7) is 6.21. The highest BCUT2D eigenvalue weighted by Crippen LogP contribution is 2.36. The average molecular weight is 766 g/mol. The molecule has 1 atom stereocenters. The molecule has 1 N–H and O–H groups in total. The minimum atomic E-state index is -0.278. The number of halogens is 2. The first-order chi connectivity index (χ1) is 25.7. The number of ether oxygens (including phenoxy) is 1. The van der Waals surface area contributed by atoms with Crippen LogP contribution in [0.4, 0.5) is 11.4 Å². The van der Waals surface area contributed by atoms with E-state index in [1.165, 1.54) is 5.56 Å². The van der Waals surface area contributed by atoms with E-state index in [1.54, 1.807) is 47.5 Å². The van der Waals surface area contributed by atoms with E-state index >= 15 is 0 Å². The predicted molar refractivity (Wildman–Crippen MR) is 214 cm³/mol. The maximum atomic E-state index is 14.8. The fourth-order valence-electron chi connectivity index (χ4n) is 7.68. The van der Waals surface area contributed by atoms with E-state index in [-0.39, 0.29) is 36.0 Å². The summed E-state index contributed by atoms with van der Waals surface area (Å²) in [5, 5.41) is 11.5. The van der Waals surface area contributed by atoms with Crippen LogP contribution in [0.1, 0.15) is 37.5 Å². The highest BCUT2D eigenvalue weighted by molar-refractivity contribution is 6.31. The number of aromatic hydroxyl groups is 1. The lowest BCUT2D eigenvalue weighted by Crippen LogP contribution is -2.52. The van der Waals surface area contributed by atoms with Crippen LogP contribution in [0.5, 0.6) is 5.75 Å². The fourth-order valence-corrected chi connectivity index (χ4v) is 7.86. The summed E-state index contributed by atoms with van der Waals surface area (Å²) in [4.78, 5) is 40.3. The molecule has 3 aromatic heterocycles. The van der Waals surface area contributed by atoms with Crippen LogP contribution < -0.4 is 4.90 Å². The molecule has 0 saturated carbocycles. The van der Waals surface area contributed by atoms with Gasteiger partial charge in [0.1, 0.15) is 11.4 Å². The zero-order chi connectivity index (χ0) is 36.8. The Balaban J connectivity index is 0.00000450. The van der Waals surface area contributed by atoms with Gasteiger partial charge in [0.2, 0.25) is 0 Å². The lowest BCUT2D eigenvalue weighted by molar-refractivity contribution is 0.0193. The van der Waals surface area contributed by atoms with Crippen molar-refractivity contribution in [1.82, 2.24) is 23.9 Å². The van der Waals surface area contributed by atoms with Crippen molar-refractivity contribution >= 4 is 58.2 Å². The Morgan fingerprint density at radius 3 is 2.43 bits per heavy atom.